The van der Waals surface area contributed by atoms with Gasteiger partial charge < -0.3 is 10.1 Å². The average molecular weight is 229 g/mol. The van der Waals surface area contributed by atoms with Crippen LogP contribution in [-0.2, 0) is 11.2 Å². The summed E-state index contributed by atoms with van der Waals surface area (Å²) in [6.07, 6.45) is 5.93. The Hall–Kier alpha value is -1.95. The third kappa shape index (κ3) is 2.59. The molecule has 88 valence electrons. The first-order chi connectivity index (χ1) is 8.20. The minimum absolute atomic E-state index is 0.0141. The van der Waals surface area contributed by atoms with Crippen LogP contribution in [0.4, 0.5) is 0 Å². The van der Waals surface area contributed by atoms with Crippen molar-refractivity contribution in [3.05, 3.63) is 29.8 Å². The Kier molecular flexibility index (Phi) is 3.34. The Morgan fingerprint density at radius 2 is 2.41 bits per heavy atom. The smallest absolute Gasteiger partial charge is 0.261 e. The number of amides is 1. The van der Waals surface area contributed by atoms with E-state index in [1.54, 1.807) is 0 Å². The predicted molar refractivity (Wildman–Crippen MR) is 65.6 cm³/mol. The van der Waals surface area contributed by atoms with E-state index >= 15 is 0 Å². The van der Waals surface area contributed by atoms with E-state index in [4.69, 9.17) is 11.2 Å². The molecule has 1 N–H and O–H groups in total. The lowest BCUT2D eigenvalue weighted by Gasteiger charge is -2.15. The normalized spacial score (nSPS) is 18.7. The van der Waals surface area contributed by atoms with Crippen molar-refractivity contribution in [1.29, 1.82) is 0 Å². The summed E-state index contributed by atoms with van der Waals surface area (Å²) >= 11 is 0. The van der Waals surface area contributed by atoms with Gasteiger partial charge in [0.05, 0.1) is 0 Å². The fourth-order valence-corrected chi connectivity index (χ4v) is 1.89. The second kappa shape index (κ2) is 4.92. The van der Waals surface area contributed by atoms with E-state index in [0.717, 1.165) is 11.3 Å². The van der Waals surface area contributed by atoms with Gasteiger partial charge in [-0.25, -0.2) is 0 Å². The van der Waals surface area contributed by atoms with E-state index in [2.05, 4.69) is 11.2 Å². The molecule has 2 unspecified atom stereocenters. The molecule has 1 aromatic carbocycles. The van der Waals surface area contributed by atoms with Gasteiger partial charge in [0.1, 0.15) is 5.75 Å². The number of ether oxygens (including phenoxy) is 1. The largest absolute Gasteiger partial charge is 0.480 e. The van der Waals surface area contributed by atoms with E-state index in [1.165, 1.54) is 0 Å². The van der Waals surface area contributed by atoms with Crippen LogP contribution in [0, 0.1) is 12.3 Å². The topological polar surface area (TPSA) is 38.3 Å². The van der Waals surface area contributed by atoms with Gasteiger partial charge in [-0.1, -0.05) is 18.2 Å². The molecule has 1 aliphatic heterocycles. The monoisotopic (exact) mass is 229 g/mol. The first-order valence-electron chi connectivity index (χ1n) is 5.69. The molecule has 0 spiro atoms. The van der Waals surface area contributed by atoms with Crippen molar-refractivity contribution < 1.29 is 9.53 Å². The van der Waals surface area contributed by atoms with Crippen molar-refractivity contribution in [3.8, 4) is 18.1 Å². The summed E-state index contributed by atoms with van der Waals surface area (Å²) < 4.78 is 5.58. The summed E-state index contributed by atoms with van der Waals surface area (Å²) in [7, 11) is 0. The quantitative estimate of drug-likeness (QED) is 0.798. The number of carbonyl (C=O) groups excluding carboxylic acids is 1. The van der Waals surface area contributed by atoms with Gasteiger partial charge in [-0.2, -0.15) is 0 Å². The standard InChI is InChI=1S/C14H15NO2/c1-3-6-10(2)15-14(16)13-9-11-7-4-5-8-12(11)17-13/h1,4-5,7-8,10,13H,6,9H2,2H3,(H,15,16). The molecule has 0 radical (unpaired) electrons. The molecule has 3 heteroatoms. The molecule has 1 amide bonds. The Bertz CT molecular complexity index is 437. The summed E-state index contributed by atoms with van der Waals surface area (Å²) in [5.74, 6) is 3.23. The highest BCUT2D eigenvalue weighted by Crippen LogP contribution is 2.28. The van der Waals surface area contributed by atoms with Crippen molar-refractivity contribution in [2.45, 2.75) is 31.9 Å². The number of rotatable bonds is 3. The van der Waals surface area contributed by atoms with E-state index in [-0.39, 0.29) is 11.9 Å². The molecule has 1 heterocycles. The van der Waals surface area contributed by atoms with Gasteiger partial charge in [0.2, 0.25) is 0 Å². The lowest BCUT2D eigenvalue weighted by atomic mass is 10.1. The minimum Gasteiger partial charge on any atom is -0.480 e. The highest BCUT2D eigenvalue weighted by Gasteiger charge is 2.29. The number of benzene rings is 1. The third-order valence-electron chi connectivity index (χ3n) is 2.75. The van der Waals surface area contributed by atoms with Gasteiger partial charge in [-0.3, -0.25) is 4.79 Å². The zero-order valence-corrected chi connectivity index (χ0v) is 9.77. The van der Waals surface area contributed by atoms with Crippen LogP contribution in [0.5, 0.6) is 5.75 Å². The van der Waals surface area contributed by atoms with Gasteiger partial charge in [0, 0.05) is 18.9 Å². The molecule has 2 rings (SSSR count). The zero-order valence-electron chi connectivity index (χ0n) is 9.77. The van der Waals surface area contributed by atoms with E-state index in [0.29, 0.717) is 12.8 Å². The molecule has 1 aromatic rings. The lowest BCUT2D eigenvalue weighted by molar-refractivity contribution is -0.127. The van der Waals surface area contributed by atoms with Crippen molar-refractivity contribution >= 4 is 5.91 Å². The Labute approximate surface area is 101 Å². The maximum absolute atomic E-state index is 11.9. The molecule has 0 aromatic heterocycles. The Morgan fingerprint density at radius 1 is 1.65 bits per heavy atom. The molecule has 0 fully saturated rings. The van der Waals surface area contributed by atoms with Crippen LogP contribution < -0.4 is 10.1 Å². The van der Waals surface area contributed by atoms with E-state index < -0.39 is 6.10 Å². The Balaban J connectivity index is 1.95. The van der Waals surface area contributed by atoms with Crippen molar-refractivity contribution in [2.24, 2.45) is 0 Å². The van der Waals surface area contributed by atoms with Crippen LogP contribution in [0.25, 0.3) is 0 Å². The van der Waals surface area contributed by atoms with Crippen LogP contribution >= 0.6 is 0 Å². The summed E-state index contributed by atoms with van der Waals surface area (Å²) in [6.45, 7) is 1.89. The van der Waals surface area contributed by atoms with Crippen molar-refractivity contribution in [1.82, 2.24) is 5.32 Å². The predicted octanol–water partition coefficient (Wildman–Crippen LogP) is 1.52. The highest BCUT2D eigenvalue weighted by atomic mass is 16.5. The molecule has 0 saturated heterocycles. The van der Waals surface area contributed by atoms with Crippen molar-refractivity contribution in [3.63, 3.8) is 0 Å². The van der Waals surface area contributed by atoms with Gasteiger partial charge in [-0.05, 0) is 18.6 Å². The number of carbonyl (C=O) groups is 1. The van der Waals surface area contributed by atoms with Gasteiger partial charge >= 0.3 is 0 Å². The van der Waals surface area contributed by atoms with Crippen LogP contribution in [0.3, 0.4) is 0 Å². The first-order valence-corrected chi connectivity index (χ1v) is 5.69. The van der Waals surface area contributed by atoms with E-state index in [9.17, 15) is 4.79 Å². The summed E-state index contributed by atoms with van der Waals surface area (Å²) in [6, 6.07) is 7.70. The SMILES string of the molecule is C#CCC(C)NC(=O)C1Cc2ccccc2O1. The molecule has 0 aliphatic carbocycles. The van der Waals surface area contributed by atoms with Crippen LogP contribution in [0.15, 0.2) is 24.3 Å². The fraction of sp³-hybridized carbons (Fsp3) is 0.357. The lowest BCUT2D eigenvalue weighted by Crippen LogP contribution is -2.41. The van der Waals surface area contributed by atoms with Gasteiger partial charge in [0.15, 0.2) is 6.10 Å². The summed E-state index contributed by atoms with van der Waals surface area (Å²) in [5, 5.41) is 2.85. The van der Waals surface area contributed by atoms with E-state index in [1.807, 2.05) is 31.2 Å². The third-order valence-corrected chi connectivity index (χ3v) is 2.75. The molecule has 1 aliphatic rings. The highest BCUT2D eigenvalue weighted by molar-refractivity contribution is 5.82. The number of fused-ring (bicyclic) bond motifs is 1. The maximum Gasteiger partial charge on any atom is 0.261 e. The molecule has 0 bridgehead atoms. The molecule has 2 atom stereocenters. The fourth-order valence-electron chi connectivity index (χ4n) is 1.89. The Morgan fingerprint density at radius 3 is 3.12 bits per heavy atom. The summed E-state index contributed by atoms with van der Waals surface area (Å²) in [4.78, 5) is 11.9. The first kappa shape index (κ1) is 11.5. The van der Waals surface area contributed by atoms with Gasteiger partial charge in [0.25, 0.3) is 5.91 Å². The van der Waals surface area contributed by atoms with Crippen molar-refractivity contribution in [2.75, 3.05) is 0 Å². The van der Waals surface area contributed by atoms with Crippen LogP contribution in [0.2, 0.25) is 0 Å². The molecule has 0 saturated carbocycles. The molecule has 3 nitrogen and oxygen atoms in total. The van der Waals surface area contributed by atoms with Crippen LogP contribution in [0.1, 0.15) is 18.9 Å². The number of nitrogens with one attached hydrogen (secondary N) is 1. The second-order valence-corrected chi connectivity index (χ2v) is 4.24. The number of para-hydroxylation sites is 1. The number of hydrogen-bond acceptors (Lipinski definition) is 2. The zero-order chi connectivity index (χ0) is 12.3. The maximum atomic E-state index is 11.9. The molecular formula is C14H15NO2. The molecule has 17 heavy (non-hydrogen) atoms. The number of terminal acetylenes is 1. The minimum atomic E-state index is -0.423. The van der Waals surface area contributed by atoms with Gasteiger partial charge in [-0.15, -0.1) is 12.3 Å². The summed E-state index contributed by atoms with van der Waals surface area (Å²) in [5.41, 5.74) is 1.08. The van der Waals surface area contributed by atoms with Crippen LogP contribution in [-0.4, -0.2) is 18.1 Å². The molecular weight excluding hydrogens is 214 g/mol. The number of hydrogen-bond donors (Lipinski definition) is 1. The second-order valence-electron chi connectivity index (χ2n) is 4.24. The average Bonchev–Trinajstić information content (AvgIpc) is 2.72.